The molecule has 0 aromatic heterocycles. The summed E-state index contributed by atoms with van der Waals surface area (Å²) in [6.07, 6.45) is 3.17. The first-order valence-corrected chi connectivity index (χ1v) is 9.12. The molecule has 0 aromatic rings. The van der Waals surface area contributed by atoms with Gasteiger partial charge in [-0.3, -0.25) is 9.59 Å². The van der Waals surface area contributed by atoms with E-state index in [1.165, 1.54) is 17.7 Å². The van der Waals surface area contributed by atoms with Gasteiger partial charge in [0.1, 0.15) is 6.04 Å². The van der Waals surface area contributed by atoms with Crippen LogP contribution in [0.4, 0.5) is 0 Å². The lowest BCUT2D eigenvalue weighted by Crippen LogP contribution is -2.51. The molecule has 134 valence electrons. The van der Waals surface area contributed by atoms with Crippen LogP contribution in [-0.4, -0.2) is 62.6 Å². The maximum atomic E-state index is 12.1. The van der Waals surface area contributed by atoms with Crippen LogP contribution >= 0.6 is 12.4 Å². The summed E-state index contributed by atoms with van der Waals surface area (Å²) in [6, 6.07) is -0.813. The van der Waals surface area contributed by atoms with Gasteiger partial charge >= 0.3 is 5.97 Å². The van der Waals surface area contributed by atoms with Crippen LogP contribution in [0, 0.1) is 5.92 Å². The summed E-state index contributed by atoms with van der Waals surface area (Å²) >= 11 is 0. The molecular formula is C13H24ClN3O5S. The van der Waals surface area contributed by atoms with Gasteiger partial charge in [0.15, 0.2) is 0 Å². The largest absolute Gasteiger partial charge is 0.468 e. The summed E-state index contributed by atoms with van der Waals surface area (Å²) in [5.74, 6) is -0.980. The van der Waals surface area contributed by atoms with E-state index >= 15 is 0 Å². The molecule has 2 heterocycles. The number of sulfonamides is 1. The third kappa shape index (κ3) is 4.56. The first-order chi connectivity index (χ1) is 10.2. The molecule has 3 N–H and O–H groups in total. The van der Waals surface area contributed by atoms with Gasteiger partial charge in [-0.05, 0) is 25.7 Å². The minimum Gasteiger partial charge on any atom is -0.468 e. The van der Waals surface area contributed by atoms with Crippen molar-refractivity contribution in [3.05, 3.63) is 0 Å². The van der Waals surface area contributed by atoms with Crippen molar-refractivity contribution < 1.29 is 22.7 Å². The fourth-order valence-electron chi connectivity index (χ4n) is 3.30. The quantitative estimate of drug-likeness (QED) is 0.628. The first-order valence-electron chi connectivity index (χ1n) is 7.27. The monoisotopic (exact) mass is 369 g/mol. The van der Waals surface area contributed by atoms with E-state index in [4.69, 9.17) is 5.73 Å². The molecule has 1 spiro atoms. The van der Waals surface area contributed by atoms with Crippen LogP contribution in [0.5, 0.6) is 0 Å². The Morgan fingerprint density at radius 2 is 2.04 bits per heavy atom. The summed E-state index contributed by atoms with van der Waals surface area (Å²) in [4.78, 5) is 23.5. The lowest BCUT2D eigenvalue weighted by atomic mass is 9.83. The van der Waals surface area contributed by atoms with Crippen molar-refractivity contribution in [2.75, 3.05) is 26.5 Å². The number of nitrogens with zero attached hydrogens (tertiary/aromatic N) is 1. The van der Waals surface area contributed by atoms with Crippen molar-refractivity contribution in [2.24, 2.45) is 11.7 Å². The molecular weight excluding hydrogens is 346 g/mol. The number of amides is 1. The van der Waals surface area contributed by atoms with Gasteiger partial charge in [-0.25, -0.2) is 12.7 Å². The molecule has 23 heavy (non-hydrogen) atoms. The van der Waals surface area contributed by atoms with Crippen LogP contribution in [0.2, 0.25) is 0 Å². The van der Waals surface area contributed by atoms with Crippen LogP contribution in [0.15, 0.2) is 0 Å². The Morgan fingerprint density at radius 3 is 2.52 bits per heavy atom. The zero-order valence-corrected chi connectivity index (χ0v) is 14.9. The molecule has 10 heteroatoms. The highest BCUT2D eigenvalue weighted by Crippen LogP contribution is 2.36. The van der Waals surface area contributed by atoms with Crippen molar-refractivity contribution in [1.82, 2.24) is 9.62 Å². The van der Waals surface area contributed by atoms with Crippen molar-refractivity contribution in [2.45, 2.75) is 37.3 Å². The van der Waals surface area contributed by atoms with Crippen molar-refractivity contribution in [3.63, 3.8) is 0 Å². The number of carbonyl (C=O) groups excluding carboxylic acids is 2. The number of esters is 1. The Hall–Kier alpha value is -0.900. The molecule has 2 aliphatic heterocycles. The highest BCUT2D eigenvalue weighted by molar-refractivity contribution is 7.88. The van der Waals surface area contributed by atoms with E-state index in [9.17, 15) is 18.0 Å². The van der Waals surface area contributed by atoms with Crippen molar-refractivity contribution >= 4 is 34.3 Å². The second kappa shape index (κ2) is 7.33. The normalized spacial score (nSPS) is 25.5. The molecule has 2 atom stereocenters. The number of halogens is 1. The van der Waals surface area contributed by atoms with Gasteiger partial charge in [0, 0.05) is 24.5 Å². The van der Waals surface area contributed by atoms with Crippen LogP contribution < -0.4 is 11.1 Å². The average Bonchev–Trinajstić information content (AvgIpc) is 2.73. The van der Waals surface area contributed by atoms with Gasteiger partial charge < -0.3 is 15.8 Å². The number of nitrogens with two attached hydrogens (primary N) is 1. The number of methoxy groups -OCH3 is 1. The van der Waals surface area contributed by atoms with E-state index in [0.29, 0.717) is 32.4 Å². The van der Waals surface area contributed by atoms with E-state index in [1.54, 1.807) is 0 Å². The van der Waals surface area contributed by atoms with E-state index in [0.717, 1.165) is 0 Å². The van der Waals surface area contributed by atoms with E-state index in [-0.39, 0.29) is 36.2 Å². The Kier molecular flexibility index (Phi) is 6.42. The molecule has 0 aliphatic carbocycles. The molecule has 1 amide bonds. The number of rotatable bonds is 4. The number of hydrogen-bond acceptors (Lipinski definition) is 6. The highest BCUT2D eigenvalue weighted by Gasteiger charge is 2.47. The zero-order valence-electron chi connectivity index (χ0n) is 13.3. The van der Waals surface area contributed by atoms with E-state index in [1.807, 2.05) is 0 Å². The van der Waals surface area contributed by atoms with Crippen molar-refractivity contribution in [1.29, 1.82) is 0 Å². The minimum atomic E-state index is -3.19. The van der Waals surface area contributed by atoms with Gasteiger partial charge in [0.25, 0.3) is 0 Å². The SMILES string of the molecule is COC(=O)[C@@H](N)CC1CC2(CCN(S(C)(=O)=O)CC2)NC1=O.Cl. The molecule has 2 fully saturated rings. The van der Waals surface area contributed by atoms with Crippen LogP contribution in [0.25, 0.3) is 0 Å². The van der Waals surface area contributed by atoms with E-state index < -0.39 is 22.0 Å². The maximum Gasteiger partial charge on any atom is 0.322 e. The Morgan fingerprint density at radius 1 is 1.48 bits per heavy atom. The van der Waals surface area contributed by atoms with Gasteiger partial charge in [-0.2, -0.15) is 0 Å². The number of piperidine rings is 1. The predicted molar refractivity (Wildman–Crippen MR) is 86.5 cm³/mol. The molecule has 0 bridgehead atoms. The lowest BCUT2D eigenvalue weighted by molar-refractivity contribution is -0.142. The van der Waals surface area contributed by atoms with Gasteiger partial charge in [0.2, 0.25) is 15.9 Å². The molecule has 8 nitrogen and oxygen atoms in total. The van der Waals surface area contributed by atoms with Gasteiger partial charge in [-0.1, -0.05) is 0 Å². The predicted octanol–water partition coefficient (Wildman–Crippen LogP) is -0.771. The van der Waals surface area contributed by atoms with Crippen LogP contribution in [-0.2, 0) is 24.3 Å². The number of nitrogens with one attached hydrogen (secondary N) is 1. The minimum absolute atomic E-state index is 0. The van der Waals surface area contributed by atoms with Crippen LogP contribution in [0.3, 0.4) is 0 Å². The summed E-state index contributed by atoms with van der Waals surface area (Å²) in [5, 5.41) is 2.99. The lowest BCUT2D eigenvalue weighted by Gasteiger charge is -2.38. The molecule has 2 aliphatic rings. The Labute approximate surface area is 142 Å². The molecule has 0 saturated carbocycles. The molecule has 2 saturated heterocycles. The fraction of sp³-hybridized carbons (Fsp3) is 0.846. The standard InChI is InChI=1S/C13H23N3O5S.ClH/c1-21-12(18)10(14)7-9-8-13(15-11(9)17)3-5-16(6-4-13)22(2,19)20;/h9-10H,3-8,14H2,1-2H3,(H,15,17);1H/t9?,10-;/m0./s1. The summed E-state index contributed by atoms with van der Waals surface area (Å²) < 4.78 is 29.1. The number of carbonyl (C=O) groups is 2. The van der Waals surface area contributed by atoms with Crippen LogP contribution in [0.1, 0.15) is 25.7 Å². The van der Waals surface area contributed by atoms with Gasteiger partial charge in [0.05, 0.1) is 13.4 Å². The molecule has 1 unspecified atom stereocenters. The van der Waals surface area contributed by atoms with Crippen molar-refractivity contribution in [3.8, 4) is 0 Å². The smallest absolute Gasteiger partial charge is 0.322 e. The average molecular weight is 370 g/mol. The molecule has 2 rings (SSSR count). The Balaban J connectivity index is 0.00000264. The summed E-state index contributed by atoms with van der Waals surface area (Å²) in [5.41, 5.74) is 5.35. The Bertz CT molecular complexity index is 560. The zero-order chi connectivity index (χ0) is 16.5. The summed E-state index contributed by atoms with van der Waals surface area (Å²) in [6.45, 7) is 0.795. The third-order valence-corrected chi connectivity index (χ3v) is 5.89. The van der Waals surface area contributed by atoms with Gasteiger partial charge in [-0.15, -0.1) is 12.4 Å². The maximum absolute atomic E-state index is 12.1. The molecule has 0 radical (unpaired) electrons. The molecule has 0 aromatic carbocycles. The van der Waals surface area contributed by atoms with E-state index in [2.05, 4.69) is 10.1 Å². The second-order valence-electron chi connectivity index (χ2n) is 6.20. The topological polar surface area (TPSA) is 119 Å². The third-order valence-electron chi connectivity index (χ3n) is 4.59. The fourth-order valence-corrected chi connectivity index (χ4v) is 4.14. The number of ether oxygens (including phenoxy) is 1. The first kappa shape index (κ1) is 20.1. The number of hydrogen-bond donors (Lipinski definition) is 2. The highest BCUT2D eigenvalue weighted by atomic mass is 35.5. The second-order valence-corrected chi connectivity index (χ2v) is 8.18. The summed E-state index contributed by atoms with van der Waals surface area (Å²) in [7, 11) is -1.93.